The van der Waals surface area contributed by atoms with Gasteiger partial charge in [-0.25, -0.2) is 0 Å². The summed E-state index contributed by atoms with van der Waals surface area (Å²) in [4.78, 5) is 0. The molecule has 2 atom stereocenters. The van der Waals surface area contributed by atoms with E-state index in [-0.39, 0.29) is 12.0 Å². The van der Waals surface area contributed by atoms with Gasteiger partial charge in [0, 0.05) is 12.0 Å². The van der Waals surface area contributed by atoms with Gasteiger partial charge >= 0.3 is 0 Å². The molecule has 2 nitrogen and oxygen atoms in total. The Bertz CT molecular complexity index is 384. The molecule has 1 saturated carbocycles. The van der Waals surface area contributed by atoms with E-state index in [1.165, 1.54) is 22.3 Å². The molecule has 16 heavy (non-hydrogen) atoms. The van der Waals surface area contributed by atoms with Crippen LogP contribution in [0.25, 0.3) is 0 Å². The SMILES string of the molecule is Cc1cc(C)c(C2CC2(CN)CO)c(C)c1. The molecule has 1 aromatic rings. The average Bonchev–Trinajstić information content (AvgIpc) is 2.91. The van der Waals surface area contributed by atoms with E-state index in [1.807, 2.05) is 0 Å². The maximum absolute atomic E-state index is 9.44. The second kappa shape index (κ2) is 3.86. The molecule has 0 aromatic heterocycles. The maximum Gasteiger partial charge on any atom is 0.0505 e. The molecule has 0 amide bonds. The molecular formula is C14H21NO. The Hall–Kier alpha value is -0.860. The molecule has 0 radical (unpaired) electrons. The third-order valence-electron chi connectivity index (χ3n) is 4.00. The average molecular weight is 219 g/mol. The van der Waals surface area contributed by atoms with Crippen LogP contribution in [-0.4, -0.2) is 18.3 Å². The Morgan fingerprint density at radius 2 is 1.88 bits per heavy atom. The molecular weight excluding hydrogens is 198 g/mol. The van der Waals surface area contributed by atoms with Crippen molar-refractivity contribution in [3.8, 4) is 0 Å². The van der Waals surface area contributed by atoms with Gasteiger partial charge in [0.2, 0.25) is 0 Å². The zero-order valence-corrected chi connectivity index (χ0v) is 10.4. The van der Waals surface area contributed by atoms with Crippen molar-refractivity contribution < 1.29 is 5.11 Å². The minimum absolute atomic E-state index is 0.0369. The van der Waals surface area contributed by atoms with Crippen molar-refractivity contribution in [3.05, 3.63) is 34.4 Å². The number of hydrogen-bond donors (Lipinski definition) is 2. The van der Waals surface area contributed by atoms with Crippen molar-refractivity contribution in [1.29, 1.82) is 0 Å². The molecule has 2 heteroatoms. The molecule has 3 N–H and O–H groups in total. The van der Waals surface area contributed by atoms with Gasteiger partial charge in [-0.05, 0) is 49.8 Å². The van der Waals surface area contributed by atoms with Crippen molar-refractivity contribution in [1.82, 2.24) is 0 Å². The van der Waals surface area contributed by atoms with E-state index in [4.69, 9.17) is 5.73 Å². The highest BCUT2D eigenvalue weighted by molar-refractivity contribution is 5.44. The number of benzene rings is 1. The van der Waals surface area contributed by atoms with Gasteiger partial charge in [-0.1, -0.05) is 17.7 Å². The Morgan fingerprint density at radius 1 is 1.31 bits per heavy atom. The quantitative estimate of drug-likeness (QED) is 0.817. The van der Waals surface area contributed by atoms with Crippen LogP contribution < -0.4 is 5.73 Å². The summed E-state index contributed by atoms with van der Waals surface area (Å²) in [6, 6.07) is 4.44. The van der Waals surface area contributed by atoms with E-state index >= 15 is 0 Å². The third-order valence-corrected chi connectivity index (χ3v) is 4.00. The Morgan fingerprint density at radius 3 is 2.25 bits per heavy atom. The first kappa shape index (κ1) is 11.6. The van der Waals surface area contributed by atoms with E-state index in [9.17, 15) is 5.11 Å². The van der Waals surface area contributed by atoms with Gasteiger partial charge in [-0.3, -0.25) is 0 Å². The summed E-state index contributed by atoms with van der Waals surface area (Å²) in [5, 5.41) is 9.44. The van der Waals surface area contributed by atoms with E-state index < -0.39 is 0 Å². The van der Waals surface area contributed by atoms with Crippen LogP contribution in [0.3, 0.4) is 0 Å². The first-order valence-corrected chi connectivity index (χ1v) is 5.93. The normalized spacial score (nSPS) is 28.2. The number of aliphatic hydroxyl groups is 1. The van der Waals surface area contributed by atoms with Gasteiger partial charge in [0.25, 0.3) is 0 Å². The van der Waals surface area contributed by atoms with Crippen LogP contribution in [0.4, 0.5) is 0 Å². The standard InChI is InChI=1S/C14H21NO/c1-9-4-10(2)13(11(3)5-9)12-6-14(12,7-15)8-16/h4-5,12,16H,6-8,15H2,1-3H3. The summed E-state index contributed by atoms with van der Waals surface area (Å²) in [5.74, 6) is 0.461. The van der Waals surface area contributed by atoms with Crippen molar-refractivity contribution in [3.63, 3.8) is 0 Å². The molecule has 1 aliphatic carbocycles. The van der Waals surface area contributed by atoms with Crippen LogP contribution >= 0.6 is 0 Å². The first-order chi connectivity index (χ1) is 7.54. The zero-order valence-electron chi connectivity index (χ0n) is 10.4. The summed E-state index contributed by atoms with van der Waals surface area (Å²) in [6.07, 6.45) is 1.03. The molecule has 1 fully saturated rings. The largest absolute Gasteiger partial charge is 0.396 e. The van der Waals surface area contributed by atoms with Gasteiger partial charge < -0.3 is 10.8 Å². The number of aliphatic hydroxyl groups excluding tert-OH is 1. The predicted octanol–water partition coefficient (Wildman–Crippen LogP) is 2.04. The van der Waals surface area contributed by atoms with Crippen LogP contribution in [0.5, 0.6) is 0 Å². The van der Waals surface area contributed by atoms with Crippen LogP contribution in [0.15, 0.2) is 12.1 Å². The summed E-state index contributed by atoms with van der Waals surface area (Å²) in [6.45, 7) is 7.24. The fourth-order valence-corrected chi connectivity index (χ4v) is 2.96. The highest BCUT2D eigenvalue weighted by atomic mass is 16.3. The predicted molar refractivity (Wildman–Crippen MR) is 66.6 cm³/mol. The molecule has 2 rings (SSSR count). The van der Waals surface area contributed by atoms with Crippen molar-refractivity contribution in [2.24, 2.45) is 11.1 Å². The minimum Gasteiger partial charge on any atom is -0.396 e. The molecule has 0 aliphatic heterocycles. The highest BCUT2D eigenvalue weighted by Crippen LogP contribution is 2.59. The lowest BCUT2D eigenvalue weighted by atomic mass is 9.92. The van der Waals surface area contributed by atoms with Crippen molar-refractivity contribution in [2.45, 2.75) is 33.1 Å². The molecule has 0 heterocycles. The third kappa shape index (κ3) is 1.66. The van der Waals surface area contributed by atoms with Crippen LogP contribution in [0, 0.1) is 26.2 Å². The molecule has 0 bridgehead atoms. The molecule has 88 valence electrons. The fourth-order valence-electron chi connectivity index (χ4n) is 2.96. The van der Waals surface area contributed by atoms with Crippen molar-refractivity contribution in [2.75, 3.05) is 13.2 Å². The van der Waals surface area contributed by atoms with Gasteiger partial charge in [0.1, 0.15) is 0 Å². The molecule has 1 aromatic carbocycles. The number of nitrogens with two attached hydrogens (primary N) is 1. The lowest BCUT2D eigenvalue weighted by Gasteiger charge is -2.16. The van der Waals surface area contributed by atoms with E-state index in [0.717, 1.165) is 6.42 Å². The molecule has 2 unspecified atom stereocenters. The van der Waals surface area contributed by atoms with E-state index in [2.05, 4.69) is 32.9 Å². The summed E-state index contributed by atoms with van der Waals surface area (Å²) in [7, 11) is 0. The highest BCUT2D eigenvalue weighted by Gasteiger charge is 2.54. The van der Waals surface area contributed by atoms with E-state index in [0.29, 0.717) is 12.5 Å². The van der Waals surface area contributed by atoms with Crippen LogP contribution in [0.1, 0.15) is 34.6 Å². The Balaban J connectivity index is 2.37. The lowest BCUT2D eigenvalue weighted by molar-refractivity contribution is 0.211. The monoisotopic (exact) mass is 219 g/mol. The second-order valence-corrected chi connectivity index (χ2v) is 5.29. The van der Waals surface area contributed by atoms with Crippen molar-refractivity contribution >= 4 is 0 Å². The van der Waals surface area contributed by atoms with E-state index in [1.54, 1.807) is 0 Å². The minimum atomic E-state index is -0.0369. The zero-order chi connectivity index (χ0) is 11.9. The Labute approximate surface area is 97.5 Å². The first-order valence-electron chi connectivity index (χ1n) is 5.93. The molecule has 0 spiro atoms. The number of rotatable bonds is 3. The molecule has 0 saturated heterocycles. The van der Waals surface area contributed by atoms with Gasteiger partial charge in [-0.15, -0.1) is 0 Å². The van der Waals surface area contributed by atoms with Crippen LogP contribution in [0.2, 0.25) is 0 Å². The number of aryl methyl sites for hydroxylation is 3. The number of hydrogen-bond acceptors (Lipinski definition) is 2. The lowest BCUT2D eigenvalue weighted by Crippen LogP contribution is -2.21. The van der Waals surface area contributed by atoms with Crippen LogP contribution in [-0.2, 0) is 0 Å². The van der Waals surface area contributed by atoms with Gasteiger partial charge in [-0.2, -0.15) is 0 Å². The Kier molecular flexibility index (Phi) is 2.81. The maximum atomic E-state index is 9.44. The fraction of sp³-hybridized carbons (Fsp3) is 0.571. The summed E-state index contributed by atoms with van der Waals surface area (Å²) < 4.78 is 0. The second-order valence-electron chi connectivity index (χ2n) is 5.29. The summed E-state index contributed by atoms with van der Waals surface area (Å²) >= 11 is 0. The topological polar surface area (TPSA) is 46.2 Å². The van der Waals surface area contributed by atoms with Gasteiger partial charge in [0.05, 0.1) is 6.61 Å². The van der Waals surface area contributed by atoms with Gasteiger partial charge in [0.15, 0.2) is 0 Å². The molecule has 1 aliphatic rings. The smallest absolute Gasteiger partial charge is 0.0505 e. The summed E-state index contributed by atoms with van der Waals surface area (Å²) in [5.41, 5.74) is 11.1.